The lowest BCUT2D eigenvalue weighted by Gasteiger charge is -2.25. The van der Waals surface area contributed by atoms with E-state index in [0.29, 0.717) is 23.5 Å². The maximum absolute atomic E-state index is 13.8. The van der Waals surface area contributed by atoms with E-state index in [0.717, 1.165) is 11.6 Å². The molecule has 4 rings (SSSR count). The first-order valence-corrected chi connectivity index (χ1v) is 8.22. The Hall–Kier alpha value is -3.06. The van der Waals surface area contributed by atoms with E-state index in [-0.39, 0.29) is 18.6 Å². The highest BCUT2D eigenvalue weighted by Crippen LogP contribution is 2.23. The summed E-state index contributed by atoms with van der Waals surface area (Å²) < 4.78 is 28.5. The van der Waals surface area contributed by atoms with Gasteiger partial charge in [-0.1, -0.05) is 36.4 Å². The van der Waals surface area contributed by atoms with Gasteiger partial charge in [0.15, 0.2) is 0 Å². The molecule has 0 bridgehead atoms. The van der Waals surface area contributed by atoms with Crippen LogP contribution in [0.4, 0.5) is 8.78 Å². The summed E-state index contributed by atoms with van der Waals surface area (Å²) in [4.78, 5) is 12.1. The van der Waals surface area contributed by atoms with Crippen LogP contribution in [0.1, 0.15) is 22.2 Å². The molecule has 26 heavy (non-hydrogen) atoms. The molecule has 0 radical (unpaired) electrons. The first-order valence-electron chi connectivity index (χ1n) is 8.22. The largest absolute Gasteiger partial charge is 0.347 e. The van der Waals surface area contributed by atoms with E-state index in [1.54, 1.807) is 10.7 Å². The third-order valence-electron chi connectivity index (χ3n) is 4.33. The third-order valence-corrected chi connectivity index (χ3v) is 4.33. The van der Waals surface area contributed by atoms with Gasteiger partial charge in [-0.25, -0.2) is 13.5 Å². The molecule has 0 spiro atoms. The summed E-state index contributed by atoms with van der Waals surface area (Å²) in [7, 11) is 0. The number of amides is 1. The van der Waals surface area contributed by atoms with Gasteiger partial charge in [-0.2, -0.15) is 5.10 Å². The quantitative estimate of drug-likeness (QED) is 0.757. The van der Waals surface area contributed by atoms with E-state index in [2.05, 4.69) is 15.7 Å². The Morgan fingerprint density at radius 2 is 1.96 bits per heavy atom. The smallest absolute Gasteiger partial charge is 0.269 e. The molecule has 0 saturated carbocycles. The predicted molar refractivity (Wildman–Crippen MR) is 92.2 cm³/mol. The average molecular weight is 354 g/mol. The van der Waals surface area contributed by atoms with Crippen molar-refractivity contribution in [2.45, 2.75) is 12.7 Å². The number of rotatable bonds is 4. The Kier molecular flexibility index (Phi) is 4.22. The zero-order chi connectivity index (χ0) is 18.1. The number of carbonyl (C=O) groups excluding carboxylic acids is 1. The molecule has 1 unspecified atom stereocenters. The highest BCUT2D eigenvalue weighted by molar-refractivity contribution is 5.94. The van der Waals surface area contributed by atoms with E-state index in [1.807, 2.05) is 30.3 Å². The fraction of sp³-hybridized carbons (Fsp3) is 0.158. The normalized spacial score (nSPS) is 16.2. The van der Waals surface area contributed by atoms with Crippen LogP contribution in [-0.4, -0.2) is 22.2 Å². The van der Waals surface area contributed by atoms with Gasteiger partial charge in [0.05, 0.1) is 12.2 Å². The summed E-state index contributed by atoms with van der Waals surface area (Å²) in [5.41, 5.74) is 2.38. The predicted octanol–water partition coefficient (Wildman–Crippen LogP) is 2.86. The first kappa shape index (κ1) is 16.4. The highest BCUT2D eigenvalue weighted by atomic mass is 19.1. The second kappa shape index (κ2) is 6.68. The minimum Gasteiger partial charge on any atom is -0.347 e. The molecule has 2 aromatic carbocycles. The summed E-state index contributed by atoms with van der Waals surface area (Å²) in [5, 5.41) is 10.5. The summed E-state index contributed by atoms with van der Waals surface area (Å²) in [5.74, 6) is -1.42. The molecule has 132 valence electrons. The molecule has 1 aliphatic rings. The van der Waals surface area contributed by atoms with Crippen molar-refractivity contribution in [3.63, 3.8) is 0 Å². The molecule has 1 aliphatic heterocycles. The fourth-order valence-electron chi connectivity index (χ4n) is 2.97. The second-order valence-electron chi connectivity index (χ2n) is 6.07. The summed E-state index contributed by atoms with van der Waals surface area (Å²) in [6, 6.07) is 14.8. The molecular weight excluding hydrogens is 338 g/mol. The summed E-state index contributed by atoms with van der Waals surface area (Å²) in [6.07, 6.45) is -0.329. The second-order valence-corrected chi connectivity index (χ2v) is 6.07. The van der Waals surface area contributed by atoms with Gasteiger partial charge in [0, 0.05) is 23.7 Å². The van der Waals surface area contributed by atoms with Crippen LogP contribution in [0.3, 0.4) is 0 Å². The number of carbonyl (C=O) groups is 1. The lowest BCUT2D eigenvalue weighted by atomic mass is 10.1. The van der Waals surface area contributed by atoms with Gasteiger partial charge in [-0.05, 0) is 12.1 Å². The average Bonchev–Trinajstić information content (AvgIpc) is 3.10. The van der Waals surface area contributed by atoms with Crippen molar-refractivity contribution in [3.05, 3.63) is 77.5 Å². The van der Waals surface area contributed by atoms with E-state index >= 15 is 0 Å². The Labute approximate surface area is 148 Å². The van der Waals surface area contributed by atoms with Crippen LogP contribution in [0.15, 0.2) is 54.6 Å². The maximum Gasteiger partial charge on any atom is 0.269 e. The number of halogens is 2. The van der Waals surface area contributed by atoms with Crippen molar-refractivity contribution in [3.8, 4) is 11.3 Å². The lowest BCUT2D eigenvalue weighted by molar-refractivity contribution is 0.0900. The summed E-state index contributed by atoms with van der Waals surface area (Å²) >= 11 is 0. The Balaban J connectivity index is 1.59. The molecular formula is C19H16F2N4O. The molecule has 7 heteroatoms. The molecule has 2 heterocycles. The van der Waals surface area contributed by atoms with Crippen molar-refractivity contribution in [1.29, 1.82) is 0 Å². The van der Waals surface area contributed by atoms with Gasteiger partial charge in [0.2, 0.25) is 0 Å². The minimum absolute atomic E-state index is 0.187. The van der Waals surface area contributed by atoms with Crippen molar-refractivity contribution >= 4 is 5.91 Å². The maximum atomic E-state index is 13.8. The molecule has 0 aliphatic carbocycles. The molecule has 1 amide bonds. The van der Waals surface area contributed by atoms with Crippen molar-refractivity contribution in [2.75, 3.05) is 6.54 Å². The van der Waals surface area contributed by atoms with E-state index in [9.17, 15) is 13.6 Å². The van der Waals surface area contributed by atoms with Gasteiger partial charge in [0.1, 0.15) is 23.5 Å². The van der Waals surface area contributed by atoms with E-state index in [4.69, 9.17) is 0 Å². The van der Waals surface area contributed by atoms with Crippen LogP contribution in [0.5, 0.6) is 0 Å². The Morgan fingerprint density at radius 3 is 2.73 bits per heavy atom. The van der Waals surface area contributed by atoms with Crippen molar-refractivity contribution < 1.29 is 13.6 Å². The lowest BCUT2D eigenvalue weighted by Crippen LogP contribution is -2.45. The number of aromatic nitrogens is 2. The molecule has 0 fully saturated rings. The molecule has 0 saturated heterocycles. The van der Waals surface area contributed by atoms with Gasteiger partial charge in [-0.15, -0.1) is 0 Å². The van der Waals surface area contributed by atoms with Crippen molar-refractivity contribution in [1.82, 2.24) is 20.4 Å². The number of nitrogens with one attached hydrogen (secondary N) is 2. The molecule has 5 nitrogen and oxygen atoms in total. The number of nitrogens with zero attached hydrogens (tertiary/aromatic N) is 2. The fourth-order valence-corrected chi connectivity index (χ4v) is 2.97. The third kappa shape index (κ3) is 3.09. The first-order chi connectivity index (χ1) is 12.6. The standard InChI is InChI=1S/C19H16F2N4O/c20-14-7-6-13(15(21)8-14)10-22-18-11-23-19(26)17-9-16(24-25(17)18)12-4-2-1-3-5-12/h1-9,18,22H,10-11H2,(H,23,26). The number of hydrogen-bond donors (Lipinski definition) is 2. The van der Waals surface area contributed by atoms with Crippen LogP contribution >= 0.6 is 0 Å². The highest BCUT2D eigenvalue weighted by Gasteiger charge is 2.27. The molecule has 3 aromatic rings. The minimum atomic E-state index is -0.613. The molecule has 1 aromatic heterocycles. The topological polar surface area (TPSA) is 59.0 Å². The zero-order valence-corrected chi connectivity index (χ0v) is 13.7. The molecule has 1 atom stereocenters. The van der Waals surface area contributed by atoms with Crippen LogP contribution in [-0.2, 0) is 6.54 Å². The van der Waals surface area contributed by atoms with E-state index < -0.39 is 11.6 Å². The Bertz CT molecular complexity index is 955. The SMILES string of the molecule is O=C1NCC(NCc2ccc(F)cc2F)n2nc(-c3ccccc3)cc21. The van der Waals surface area contributed by atoms with Gasteiger partial charge in [-0.3, -0.25) is 10.1 Å². The van der Waals surface area contributed by atoms with Crippen LogP contribution in [0, 0.1) is 11.6 Å². The van der Waals surface area contributed by atoms with Crippen LogP contribution in [0.2, 0.25) is 0 Å². The monoisotopic (exact) mass is 354 g/mol. The zero-order valence-electron chi connectivity index (χ0n) is 13.7. The van der Waals surface area contributed by atoms with Crippen LogP contribution in [0.25, 0.3) is 11.3 Å². The number of hydrogen-bond acceptors (Lipinski definition) is 3. The summed E-state index contributed by atoms with van der Waals surface area (Å²) in [6.45, 7) is 0.511. The number of fused-ring (bicyclic) bond motifs is 1. The van der Waals surface area contributed by atoms with E-state index in [1.165, 1.54) is 12.1 Å². The van der Waals surface area contributed by atoms with Gasteiger partial charge >= 0.3 is 0 Å². The van der Waals surface area contributed by atoms with Crippen LogP contribution < -0.4 is 10.6 Å². The Morgan fingerprint density at radius 1 is 1.15 bits per heavy atom. The molecule has 2 N–H and O–H groups in total. The number of benzene rings is 2. The van der Waals surface area contributed by atoms with Crippen molar-refractivity contribution in [2.24, 2.45) is 0 Å². The van der Waals surface area contributed by atoms with Gasteiger partial charge in [0.25, 0.3) is 5.91 Å². The van der Waals surface area contributed by atoms with Gasteiger partial charge < -0.3 is 5.32 Å².